The van der Waals surface area contributed by atoms with Crippen LogP contribution in [0.1, 0.15) is 23.2 Å². The minimum Gasteiger partial charge on any atom is -0.339 e. The van der Waals surface area contributed by atoms with Crippen LogP contribution in [-0.2, 0) is 0 Å². The van der Waals surface area contributed by atoms with E-state index < -0.39 is 0 Å². The third kappa shape index (κ3) is 2.97. The summed E-state index contributed by atoms with van der Waals surface area (Å²) in [7, 11) is 0. The summed E-state index contributed by atoms with van der Waals surface area (Å²) in [5.74, 6) is 0.516. The molecule has 0 aliphatic carbocycles. The van der Waals surface area contributed by atoms with Crippen LogP contribution >= 0.6 is 23.2 Å². The van der Waals surface area contributed by atoms with Crippen LogP contribution in [0.15, 0.2) is 18.2 Å². The number of benzene rings is 1. The summed E-state index contributed by atoms with van der Waals surface area (Å²) in [4.78, 5) is 14.1. The molecule has 1 aliphatic heterocycles. The number of rotatable bonds is 2. The Balaban J connectivity index is 2.08. The van der Waals surface area contributed by atoms with E-state index in [1.165, 1.54) is 0 Å². The summed E-state index contributed by atoms with van der Waals surface area (Å²) in [5.41, 5.74) is 6.16. The van der Waals surface area contributed by atoms with E-state index in [1.807, 2.05) is 4.90 Å². The molecular formula is C13H16Cl2N2O. The molecule has 0 saturated carbocycles. The van der Waals surface area contributed by atoms with Crippen molar-refractivity contribution >= 4 is 29.1 Å². The second-order valence-electron chi connectivity index (χ2n) is 4.60. The van der Waals surface area contributed by atoms with Crippen LogP contribution < -0.4 is 5.73 Å². The van der Waals surface area contributed by atoms with Crippen molar-refractivity contribution in [2.75, 3.05) is 19.6 Å². The molecule has 1 heterocycles. The first kappa shape index (κ1) is 13.7. The van der Waals surface area contributed by atoms with Crippen LogP contribution in [0.25, 0.3) is 0 Å². The lowest BCUT2D eigenvalue weighted by atomic mass is 9.96. The molecule has 18 heavy (non-hydrogen) atoms. The summed E-state index contributed by atoms with van der Waals surface area (Å²) in [5, 5.41) is 0.951. The van der Waals surface area contributed by atoms with Crippen LogP contribution in [0.2, 0.25) is 10.0 Å². The van der Waals surface area contributed by atoms with Crippen LogP contribution in [0.4, 0.5) is 0 Å². The van der Waals surface area contributed by atoms with Gasteiger partial charge in [-0.15, -0.1) is 0 Å². The number of hydrogen-bond donors (Lipinski definition) is 1. The van der Waals surface area contributed by atoms with Gasteiger partial charge < -0.3 is 10.6 Å². The number of likely N-dealkylation sites (tertiary alicyclic amines) is 1. The van der Waals surface area contributed by atoms with E-state index in [2.05, 4.69) is 0 Å². The Morgan fingerprint density at radius 1 is 1.33 bits per heavy atom. The van der Waals surface area contributed by atoms with Gasteiger partial charge in [0.1, 0.15) is 0 Å². The molecule has 1 aliphatic rings. The standard InChI is InChI=1S/C13H16Cl2N2O/c14-10-1-2-11(12(15)7-10)13(18)17-5-3-9(8-16)4-6-17/h1-2,7,9H,3-6,8,16H2. The Kier molecular flexibility index (Phi) is 4.49. The molecular weight excluding hydrogens is 271 g/mol. The molecule has 1 aromatic rings. The van der Waals surface area contributed by atoms with E-state index in [4.69, 9.17) is 28.9 Å². The van der Waals surface area contributed by atoms with Crippen molar-refractivity contribution in [3.05, 3.63) is 33.8 Å². The summed E-state index contributed by atoms with van der Waals surface area (Å²) in [6.45, 7) is 2.20. The van der Waals surface area contributed by atoms with Gasteiger partial charge in [0, 0.05) is 18.1 Å². The minimum atomic E-state index is -0.0212. The average Bonchev–Trinajstić information content (AvgIpc) is 2.38. The maximum atomic E-state index is 12.3. The number of carbonyl (C=O) groups is 1. The molecule has 0 spiro atoms. The second-order valence-corrected chi connectivity index (χ2v) is 5.44. The lowest BCUT2D eigenvalue weighted by Crippen LogP contribution is -2.40. The highest BCUT2D eigenvalue weighted by molar-refractivity contribution is 6.36. The van der Waals surface area contributed by atoms with Gasteiger partial charge in [0.05, 0.1) is 10.6 Å². The van der Waals surface area contributed by atoms with Gasteiger partial charge in [-0.25, -0.2) is 0 Å². The van der Waals surface area contributed by atoms with E-state index in [0.29, 0.717) is 28.1 Å². The number of piperidine rings is 1. The quantitative estimate of drug-likeness (QED) is 0.909. The van der Waals surface area contributed by atoms with Crippen molar-refractivity contribution in [3.8, 4) is 0 Å². The highest BCUT2D eigenvalue weighted by Crippen LogP contribution is 2.24. The Morgan fingerprint density at radius 2 is 2.00 bits per heavy atom. The molecule has 2 rings (SSSR count). The van der Waals surface area contributed by atoms with E-state index in [-0.39, 0.29) is 5.91 Å². The molecule has 1 saturated heterocycles. The molecule has 0 aromatic heterocycles. The van der Waals surface area contributed by atoms with E-state index in [0.717, 1.165) is 25.9 Å². The van der Waals surface area contributed by atoms with Gasteiger partial charge in [0.25, 0.3) is 5.91 Å². The molecule has 1 fully saturated rings. The van der Waals surface area contributed by atoms with Crippen molar-refractivity contribution in [2.45, 2.75) is 12.8 Å². The Labute approximate surface area is 117 Å². The van der Waals surface area contributed by atoms with Gasteiger partial charge in [0.2, 0.25) is 0 Å². The fourth-order valence-corrected chi connectivity index (χ4v) is 2.69. The van der Waals surface area contributed by atoms with Gasteiger partial charge in [-0.2, -0.15) is 0 Å². The number of hydrogen-bond acceptors (Lipinski definition) is 2. The van der Waals surface area contributed by atoms with Gasteiger partial charge in [-0.3, -0.25) is 4.79 Å². The first-order valence-electron chi connectivity index (χ1n) is 6.06. The van der Waals surface area contributed by atoms with Crippen molar-refractivity contribution in [3.63, 3.8) is 0 Å². The van der Waals surface area contributed by atoms with Gasteiger partial charge in [0.15, 0.2) is 0 Å². The van der Waals surface area contributed by atoms with E-state index in [9.17, 15) is 4.79 Å². The van der Waals surface area contributed by atoms with Crippen molar-refractivity contribution in [1.82, 2.24) is 4.90 Å². The molecule has 98 valence electrons. The lowest BCUT2D eigenvalue weighted by Gasteiger charge is -2.31. The molecule has 0 bridgehead atoms. The summed E-state index contributed by atoms with van der Waals surface area (Å²) >= 11 is 11.9. The average molecular weight is 287 g/mol. The maximum absolute atomic E-state index is 12.3. The molecule has 3 nitrogen and oxygen atoms in total. The molecule has 1 aromatic carbocycles. The van der Waals surface area contributed by atoms with Crippen LogP contribution in [-0.4, -0.2) is 30.4 Å². The third-order valence-corrected chi connectivity index (χ3v) is 3.94. The van der Waals surface area contributed by atoms with Crippen LogP contribution in [0.3, 0.4) is 0 Å². The van der Waals surface area contributed by atoms with Gasteiger partial charge >= 0.3 is 0 Å². The summed E-state index contributed by atoms with van der Waals surface area (Å²) in [6, 6.07) is 4.97. The number of halogens is 2. The van der Waals surface area contributed by atoms with Crippen molar-refractivity contribution < 1.29 is 4.79 Å². The third-order valence-electron chi connectivity index (χ3n) is 3.40. The fraction of sp³-hybridized carbons (Fsp3) is 0.462. The molecule has 5 heteroatoms. The first-order chi connectivity index (χ1) is 8.61. The largest absolute Gasteiger partial charge is 0.339 e. The van der Waals surface area contributed by atoms with Crippen molar-refractivity contribution in [1.29, 1.82) is 0 Å². The molecule has 0 radical (unpaired) electrons. The zero-order valence-corrected chi connectivity index (χ0v) is 11.5. The van der Waals surface area contributed by atoms with Crippen LogP contribution in [0.5, 0.6) is 0 Å². The molecule has 0 unspecified atom stereocenters. The Bertz CT molecular complexity index is 443. The monoisotopic (exact) mass is 286 g/mol. The fourth-order valence-electron chi connectivity index (χ4n) is 2.21. The maximum Gasteiger partial charge on any atom is 0.255 e. The highest BCUT2D eigenvalue weighted by Gasteiger charge is 2.24. The summed E-state index contributed by atoms with van der Waals surface area (Å²) < 4.78 is 0. The SMILES string of the molecule is NCC1CCN(C(=O)c2ccc(Cl)cc2Cl)CC1. The number of nitrogens with two attached hydrogens (primary N) is 1. The van der Waals surface area contributed by atoms with Gasteiger partial charge in [-0.1, -0.05) is 23.2 Å². The summed E-state index contributed by atoms with van der Waals surface area (Å²) in [6.07, 6.45) is 1.93. The van der Waals surface area contributed by atoms with Crippen LogP contribution in [0, 0.1) is 5.92 Å². The first-order valence-corrected chi connectivity index (χ1v) is 6.82. The normalized spacial score (nSPS) is 16.9. The smallest absolute Gasteiger partial charge is 0.255 e. The molecule has 0 atom stereocenters. The van der Waals surface area contributed by atoms with E-state index in [1.54, 1.807) is 18.2 Å². The van der Waals surface area contributed by atoms with Gasteiger partial charge in [-0.05, 0) is 43.5 Å². The molecule has 2 N–H and O–H groups in total. The number of carbonyl (C=O) groups excluding carboxylic acids is 1. The zero-order chi connectivity index (χ0) is 13.1. The minimum absolute atomic E-state index is 0.0212. The van der Waals surface area contributed by atoms with Crippen molar-refractivity contribution in [2.24, 2.45) is 11.7 Å². The highest BCUT2D eigenvalue weighted by atomic mass is 35.5. The second kappa shape index (κ2) is 5.91. The predicted octanol–water partition coefficient (Wildman–Crippen LogP) is 2.80. The Hall–Kier alpha value is -0.770. The lowest BCUT2D eigenvalue weighted by molar-refractivity contribution is 0.0693. The number of amides is 1. The predicted molar refractivity (Wildman–Crippen MR) is 74.1 cm³/mol. The van der Waals surface area contributed by atoms with E-state index >= 15 is 0 Å². The number of nitrogens with zero attached hydrogens (tertiary/aromatic N) is 1. The molecule has 1 amide bonds. The topological polar surface area (TPSA) is 46.3 Å². The zero-order valence-electron chi connectivity index (χ0n) is 10.0. The Morgan fingerprint density at radius 3 is 2.56 bits per heavy atom.